The Hall–Kier alpha value is -2.20. The van der Waals surface area contributed by atoms with Crippen molar-refractivity contribution < 1.29 is 13.9 Å². The minimum absolute atomic E-state index is 0.297. The Morgan fingerprint density at radius 1 is 1.25 bits per heavy atom. The second-order valence-corrected chi connectivity index (χ2v) is 4.55. The van der Waals surface area contributed by atoms with Gasteiger partial charge in [0.05, 0.1) is 6.61 Å². The number of benzene rings is 2. The van der Waals surface area contributed by atoms with E-state index in [-0.39, 0.29) is 11.7 Å². The molecule has 0 saturated heterocycles. The number of halogens is 1. The summed E-state index contributed by atoms with van der Waals surface area (Å²) in [7, 11) is 1.61. The fourth-order valence-electron chi connectivity index (χ4n) is 1.84. The van der Waals surface area contributed by atoms with Gasteiger partial charge in [0.25, 0.3) is 5.91 Å². The molecule has 0 saturated carbocycles. The molecule has 1 amide bonds. The van der Waals surface area contributed by atoms with Gasteiger partial charge >= 0.3 is 0 Å². The predicted octanol–water partition coefficient (Wildman–Crippen LogP) is 3.53. The lowest BCUT2D eigenvalue weighted by Gasteiger charge is -2.08. The first-order valence-corrected chi connectivity index (χ1v) is 6.25. The summed E-state index contributed by atoms with van der Waals surface area (Å²) in [6, 6.07) is 11.8. The van der Waals surface area contributed by atoms with Crippen LogP contribution in [-0.4, -0.2) is 13.0 Å². The fourth-order valence-corrected chi connectivity index (χ4v) is 1.84. The summed E-state index contributed by atoms with van der Waals surface area (Å²) < 4.78 is 18.5. The van der Waals surface area contributed by atoms with Gasteiger partial charge < -0.3 is 10.1 Å². The number of nitrogens with one attached hydrogen (secondary N) is 1. The van der Waals surface area contributed by atoms with Crippen molar-refractivity contribution in [1.82, 2.24) is 0 Å². The molecule has 20 heavy (non-hydrogen) atoms. The maximum Gasteiger partial charge on any atom is 0.255 e. The largest absolute Gasteiger partial charge is 0.380 e. The third kappa shape index (κ3) is 3.42. The number of carbonyl (C=O) groups is 1. The van der Waals surface area contributed by atoms with Gasteiger partial charge in [0.1, 0.15) is 5.82 Å². The van der Waals surface area contributed by atoms with Crippen LogP contribution in [0.15, 0.2) is 42.5 Å². The Balaban J connectivity index is 2.14. The monoisotopic (exact) mass is 273 g/mol. The average molecular weight is 273 g/mol. The normalized spacial score (nSPS) is 10.3. The summed E-state index contributed by atoms with van der Waals surface area (Å²) >= 11 is 0. The molecule has 3 nitrogen and oxygen atoms in total. The first-order valence-electron chi connectivity index (χ1n) is 6.25. The first kappa shape index (κ1) is 14.2. The van der Waals surface area contributed by atoms with E-state index in [1.807, 2.05) is 18.2 Å². The molecule has 2 aromatic carbocycles. The topological polar surface area (TPSA) is 38.3 Å². The van der Waals surface area contributed by atoms with Gasteiger partial charge in [0.2, 0.25) is 0 Å². The summed E-state index contributed by atoms with van der Waals surface area (Å²) in [5, 5.41) is 2.74. The van der Waals surface area contributed by atoms with E-state index in [0.29, 0.717) is 23.4 Å². The minimum atomic E-state index is -0.384. The summed E-state index contributed by atoms with van der Waals surface area (Å²) in [6.07, 6.45) is 0. The molecule has 4 heteroatoms. The summed E-state index contributed by atoms with van der Waals surface area (Å²) in [4.78, 5) is 12.0. The van der Waals surface area contributed by atoms with Gasteiger partial charge in [-0.2, -0.15) is 0 Å². The number of aryl methyl sites for hydroxylation is 1. The van der Waals surface area contributed by atoms with Crippen LogP contribution < -0.4 is 5.32 Å². The zero-order chi connectivity index (χ0) is 14.5. The molecule has 0 aliphatic heterocycles. The van der Waals surface area contributed by atoms with E-state index in [9.17, 15) is 9.18 Å². The molecule has 0 aromatic heterocycles. The first-order chi connectivity index (χ1) is 9.60. The van der Waals surface area contributed by atoms with Crippen LogP contribution >= 0.6 is 0 Å². The molecule has 0 fully saturated rings. The fraction of sp³-hybridized carbons (Fsp3) is 0.188. The minimum Gasteiger partial charge on any atom is -0.380 e. The van der Waals surface area contributed by atoms with Crippen molar-refractivity contribution >= 4 is 11.6 Å². The number of hydrogen-bond donors (Lipinski definition) is 1. The molecule has 1 N–H and O–H groups in total. The van der Waals surface area contributed by atoms with Crippen molar-refractivity contribution in [2.75, 3.05) is 12.4 Å². The van der Waals surface area contributed by atoms with Gasteiger partial charge in [-0.05, 0) is 42.3 Å². The number of anilines is 1. The average Bonchev–Trinajstić information content (AvgIpc) is 2.42. The molecule has 2 rings (SSSR count). The molecule has 0 bridgehead atoms. The molecule has 0 radical (unpaired) electrons. The quantitative estimate of drug-likeness (QED) is 0.925. The maximum atomic E-state index is 13.4. The number of methoxy groups -OCH3 is 1. The van der Waals surface area contributed by atoms with Gasteiger partial charge in [0.15, 0.2) is 0 Å². The SMILES string of the molecule is COCc1cccc(NC(=O)c2ccc(C)c(F)c2)c1. The Labute approximate surface area is 117 Å². The highest BCUT2D eigenvalue weighted by molar-refractivity contribution is 6.04. The predicted molar refractivity (Wildman–Crippen MR) is 76.2 cm³/mol. The van der Waals surface area contributed by atoms with E-state index in [2.05, 4.69) is 5.32 Å². The lowest BCUT2D eigenvalue weighted by atomic mass is 10.1. The second kappa shape index (κ2) is 6.30. The summed E-state index contributed by atoms with van der Waals surface area (Å²) in [5.41, 5.74) is 2.43. The zero-order valence-corrected chi connectivity index (χ0v) is 11.4. The number of ether oxygens (including phenoxy) is 1. The molecule has 2 aromatic rings. The van der Waals surface area contributed by atoms with Gasteiger partial charge in [-0.3, -0.25) is 4.79 Å². The zero-order valence-electron chi connectivity index (χ0n) is 11.4. The van der Waals surface area contributed by atoms with Crippen molar-refractivity contribution in [2.45, 2.75) is 13.5 Å². The Morgan fingerprint density at radius 2 is 2.05 bits per heavy atom. The number of carbonyl (C=O) groups excluding carboxylic acids is 1. The van der Waals surface area contributed by atoms with Gasteiger partial charge in [-0.15, -0.1) is 0 Å². The maximum absolute atomic E-state index is 13.4. The van der Waals surface area contributed by atoms with Crippen molar-refractivity contribution in [3.8, 4) is 0 Å². The van der Waals surface area contributed by atoms with Crippen LogP contribution in [0.3, 0.4) is 0 Å². The van der Waals surface area contributed by atoms with Crippen molar-refractivity contribution in [3.05, 3.63) is 65.0 Å². The number of hydrogen-bond acceptors (Lipinski definition) is 2. The lowest BCUT2D eigenvalue weighted by molar-refractivity contribution is 0.102. The van der Waals surface area contributed by atoms with Crippen LogP contribution in [0.25, 0.3) is 0 Å². The van der Waals surface area contributed by atoms with E-state index in [4.69, 9.17) is 4.74 Å². The van der Waals surface area contributed by atoms with E-state index in [1.165, 1.54) is 6.07 Å². The van der Waals surface area contributed by atoms with E-state index in [0.717, 1.165) is 5.56 Å². The number of rotatable bonds is 4. The van der Waals surface area contributed by atoms with Crippen LogP contribution in [0.1, 0.15) is 21.5 Å². The molecule has 0 atom stereocenters. The Bertz CT molecular complexity index is 626. The standard InChI is InChI=1S/C16H16FNO2/c1-11-6-7-13(9-15(11)17)16(19)18-14-5-3-4-12(8-14)10-20-2/h3-9H,10H2,1-2H3,(H,18,19). The number of amides is 1. The van der Waals surface area contributed by atoms with Crippen molar-refractivity contribution in [1.29, 1.82) is 0 Å². The molecular weight excluding hydrogens is 257 g/mol. The van der Waals surface area contributed by atoms with Crippen LogP contribution in [0.4, 0.5) is 10.1 Å². The lowest BCUT2D eigenvalue weighted by Crippen LogP contribution is -2.12. The summed E-state index contributed by atoms with van der Waals surface area (Å²) in [6.45, 7) is 2.13. The third-order valence-electron chi connectivity index (χ3n) is 2.93. The molecule has 0 aliphatic rings. The van der Waals surface area contributed by atoms with E-state index in [1.54, 1.807) is 32.2 Å². The molecule has 104 valence electrons. The van der Waals surface area contributed by atoms with Gasteiger partial charge in [-0.25, -0.2) is 4.39 Å². The molecule has 0 aliphatic carbocycles. The van der Waals surface area contributed by atoms with Crippen LogP contribution in [0.5, 0.6) is 0 Å². The molecular formula is C16H16FNO2. The van der Waals surface area contributed by atoms with Gasteiger partial charge in [-0.1, -0.05) is 18.2 Å². The Morgan fingerprint density at radius 3 is 2.75 bits per heavy atom. The highest BCUT2D eigenvalue weighted by Crippen LogP contribution is 2.14. The molecule has 0 spiro atoms. The van der Waals surface area contributed by atoms with Crippen molar-refractivity contribution in [2.24, 2.45) is 0 Å². The van der Waals surface area contributed by atoms with E-state index >= 15 is 0 Å². The molecule has 0 heterocycles. The van der Waals surface area contributed by atoms with Crippen LogP contribution in [-0.2, 0) is 11.3 Å². The van der Waals surface area contributed by atoms with E-state index < -0.39 is 0 Å². The van der Waals surface area contributed by atoms with Gasteiger partial charge in [0, 0.05) is 18.4 Å². The Kier molecular flexibility index (Phi) is 4.48. The third-order valence-corrected chi connectivity index (χ3v) is 2.93. The van der Waals surface area contributed by atoms with Crippen LogP contribution in [0, 0.1) is 12.7 Å². The highest BCUT2D eigenvalue weighted by atomic mass is 19.1. The highest BCUT2D eigenvalue weighted by Gasteiger charge is 2.08. The summed E-state index contributed by atoms with van der Waals surface area (Å²) in [5.74, 6) is -0.718. The molecule has 0 unspecified atom stereocenters. The van der Waals surface area contributed by atoms with Crippen molar-refractivity contribution in [3.63, 3.8) is 0 Å². The second-order valence-electron chi connectivity index (χ2n) is 4.55. The smallest absolute Gasteiger partial charge is 0.255 e. The van der Waals surface area contributed by atoms with Crippen LogP contribution in [0.2, 0.25) is 0 Å².